The van der Waals surface area contributed by atoms with Gasteiger partial charge >= 0.3 is 0 Å². The molecule has 2 aromatic rings. The molecule has 4 heteroatoms. The van der Waals surface area contributed by atoms with Gasteiger partial charge in [0.15, 0.2) is 0 Å². The second-order valence-corrected chi connectivity index (χ2v) is 4.03. The molecule has 0 saturated carbocycles. The fourth-order valence-electron chi connectivity index (χ4n) is 1.59. The Hall–Kier alpha value is -1.48. The zero-order valence-electron chi connectivity index (χ0n) is 8.96. The summed E-state index contributed by atoms with van der Waals surface area (Å²) in [6.07, 6.45) is 1.63. The lowest BCUT2D eigenvalue weighted by atomic mass is 10.1. The van der Waals surface area contributed by atoms with Gasteiger partial charge in [-0.15, -0.1) is 0 Å². The van der Waals surface area contributed by atoms with E-state index < -0.39 is 0 Å². The molecule has 1 heterocycles. The van der Waals surface area contributed by atoms with E-state index in [0.29, 0.717) is 5.69 Å². The number of rotatable bonds is 1. The summed E-state index contributed by atoms with van der Waals surface area (Å²) in [4.78, 5) is 7.98. The molecule has 0 unspecified atom stereocenters. The van der Waals surface area contributed by atoms with Gasteiger partial charge in [-0.2, -0.15) is 0 Å². The molecule has 0 N–H and O–H groups in total. The van der Waals surface area contributed by atoms with E-state index in [0.717, 1.165) is 16.7 Å². The zero-order valence-corrected chi connectivity index (χ0v) is 9.72. The lowest BCUT2D eigenvalue weighted by Crippen LogP contribution is -1.93. The number of aromatic nitrogens is 2. The Morgan fingerprint density at radius 2 is 1.94 bits per heavy atom. The van der Waals surface area contributed by atoms with Crippen molar-refractivity contribution in [2.24, 2.45) is 0 Å². The van der Waals surface area contributed by atoms with Gasteiger partial charge in [0, 0.05) is 11.8 Å². The molecule has 1 aromatic carbocycles. The second kappa shape index (κ2) is 4.18. The Kier molecular flexibility index (Phi) is 2.88. The van der Waals surface area contributed by atoms with Gasteiger partial charge in [-0.25, -0.2) is 14.4 Å². The molecular weight excluding hydrogens is 227 g/mol. The van der Waals surface area contributed by atoms with E-state index in [1.807, 2.05) is 19.9 Å². The Morgan fingerprint density at radius 1 is 1.19 bits per heavy atom. The summed E-state index contributed by atoms with van der Waals surface area (Å²) in [5.41, 5.74) is 3.11. The average molecular weight is 237 g/mol. The highest BCUT2D eigenvalue weighted by Crippen LogP contribution is 2.23. The third kappa shape index (κ3) is 2.19. The Bertz CT molecular complexity index is 520. The van der Waals surface area contributed by atoms with Gasteiger partial charge in [0.05, 0.1) is 5.69 Å². The van der Waals surface area contributed by atoms with Crippen LogP contribution >= 0.6 is 11.6 Å². The van der Waals surface area contributed by atoms with E-state index in [1.165, 1.54) is 12.1 Å². The summed E-state index contributed by atoms with van der Waals surface area (Å²) in [5.74, 6) is -0.274. The van der Waals surface area contributed by atoms with Crippen LogP contribution in [0.3, 0.4) is 0 Å². The van der Waals surface area contributed by atoms with Crippen molar-refractivity contribution < 1.29 is 4.39 Å². The monoisotopic (exact) mass is 236 g/mol. The van der Waals surface area contributed by atoms with Crippen LogP contribution < -0.4 is 0 Å². The highest BCUT2D eigenvalue weighted by atomic mass is 35.5. The van der Waals surface area contributed by atoms with Gasteiger partial charge in [-0.3, -0.25) is 0 Å². The summed E-state index contributed by atoms with van der Waals surface area (Å²) in [6.45, 7) is 3.70. The molecular formula is C12H10ClFN2. The summed E-state index contributed by atoms with van der Waals surface area (Å²) in [5, 5.41) is 0.169. The minimum absolute atomic E-state index is 0.169. The molecule has 16 heavy (non-hydrogen) atoms. The fraction of sp³-hybridized carbons (Fsp3) is 0.167. The molecule has 0 spiro atoms. The quantitative estimate of drug-likeness (QED) is 0.708. The van der Waals surface area contributed by atoms with Crippen LogP contribution in [0, 0.1) is 19.7 Å². The third-order valence-electron chi connectivity index (χ3n) is 2.26. The van der Waals surface area contributed by atoms with Crippen LogP contribution in [0.5, 0.6) is 0 Å². The van der Waals surface area contributed by atoms with Crippen LogP contribution in [-0.2, 0) is 0 Å². The number of halogens is 2. The summed E-state index contributed by atoms with van der Waals surface area (Å²) in [7, 11) is 0. The number of aryl methyl sites for hydroxylation is 2. The predicted octanol–water partition coefficient (Wildman–Crippen LogP) is 3.55. The Labute approximate surface area is 98.1 Å². The minimum atomic E-state index is -0.274. The lowest BCUT2D eigenvalue weighted by molar-refractivity contribution is 0.627. The van der Waals surface area contributed by atoms with Crippen LogP contribution in [0.2, 0.25) is 5.28 Å². The number of benzene rings is 1. The first kappa shape index (κ1) is 11.0. The molecule has 0 bridgehead atoms. The van der Waals surface area contributed by atoms with Gasteiger partial charge in [0.2, 0.25) is 5.28 Å². The molecule has 0 aliphatic heterocycles. The maximum Gasteiger partial charge on any atom is 0.222 e. The topological polar surface area (TPSA) is 25.8 Å². The highest BCUT2D eigenvalue weighted by molar-refractivity contribution is 6.28. The third-order valence-corrected chi connectivity index (χ3v) is 2.44. The maximum absolute atomic E-state index is 13.3. The van der Waals surface area contributed by atoms with Crippen LogP contribution in [0.15, 0.2) is 24.4 Å². The van der Waals surface area contributed by atoms with Crippen molar-refractivity contribution in [3.05, 3.63) is 46.6 Å². The van der Waals surface area contributed by atoms with E-state index in [-0.39, 0.29) is 11.1 Å². The largest absolute Gasteiger partial charge is 0.226 e. The number of hydrogen-bond donors (Lipinski definition) is 0. The molecule has 1 aromatic heterocycles. The molecule has 0 atom stereocenters. The van der Waals surface area contributed by atoms with E-state index in [2.05, 4.69) is 9.97 Å². The average Bonchev–Trinajstić information content (AvgIpc) is 2.20. The molecule has 0 fully saturated rings. The van der Waals surface area contributed by atoms with Crippen molar-refractivity contribution in [3.8, 4) is 11.3 Å². The normalized spacial score (nSPS) is 10.5. The van der Waals surface area contributed by atoms with Crippen LogP contribution in [0.4, 0.5) is 4.39 Å². The van der Waals surface area contributed by atoms with Gasteiger partial charge < -0.3 is 0 Å². The molecule has 0 aliphatic rings. The van der Waals surface area contributed by atoms with Crippen LogP contribution in [-0.4, -0.2) is 9.97 Å². The van der Waals surface area contributed by atoms with Crippen LogP contribution in [0.1, 0.15) is 11.1 Å². The van der Waals surface area contributed by atoms with Crippen molar-refractivity contribution in [2.45, 2.75) is 13.8 Å². The molecule has 0 saturated heterocycles. The van der Waals surface area contributed by atoms with Gasteiger partial charge in [0.1, 0.15) is 5.82 Å². The Morgan fingerprint density at radius 3 is 2.62 bits per heavy atom. The van der Waals surface area contributed by atoms with E-state index in [1.54, 1.807) is 6.20 Å². The Balaban J connectivity index is 2.62. The first-order chi connectivity index (χ1) is 7.56. The zero-order chi connectivity index (χ0) is 11.7. The molecule has 0 aliphatic carbocycles. The lowest BCUT2D eigenvalue weighted by Gasteiger charge is -2.06. The first-order valence-electron chi connectivity index (χ1n) is 4.83. The van der Waals surface area contributed by atoms with Crippen molar-refractivity contribution >= 4 is 11.6 Å². The second-order valence-electron chi connectivity index (χ2n) is 3.69. The number of hydrogen-bond acceptors (Lipinski definition) is 2. The summed E-state index contributed by atoms with van der Waals surface area (Å²) >= 11 is 5.73. The van der Waals surface area contributed by atoms with E-state index >= 15 is 0 Å². The first-order valence-corrected chi connectivity index (χ1v) is 5.21. The van der Waals surface area contributed by atoms with Crippen molar-refractivity contribution in [2.75, 3.05) is 0 Å². The van der Waals surface area contributed by atoms with Gasteiger partial charge in [-0.05, 0) is 54.8 Å². The molecule has 0 radical (unpaired) electrons. The smallest absolute Gasteiger partial charge is 0.222 e. The predicted molar refractivity (Wildman–Crippen MR) is 61.9 cm³/mol. The van der Waals surface area contributed by atoms with Crippen molar-refractivity contribution in [1.29, 1.82) is 0 Å². The van der Waals surface area contributed by atoms with Gasteiger partial charge in [0.25, 0.3) is 0 Å². The number of nitrogens with zero attached hydrogens (tertiary/aromatic N) is 2. The van der Waals surface area contributed by atoms with Crippen molar-refractivity contribution in [3.63, 3.8) is 0 Å². The summed E-state index contributed by atoms with van der Waals surface area (Å²) in [6, 6.07) is 4.79. The van der Waals surface area contributed by atoms with Crippen molar-refractivity contribution in [1.82, 2.24) is 9.97 Å². The minimum Gasteiger partial charge on any atom is -0.226 e. The highest BCUT2D eigenvalue weighted by Gasteiger charge is 2.07. The van der Waals surface area contributed by atoms with E-state index in [4.69, 9.17) is 11.6 Å². The molecule has 0 amide bonds. The standard InChI is InChI=1S/C12H10ClFN2/c1-7-3-9(5-10(14)4-7)11-8(2)6-15-12(13)16-11/h3-6H,1-2H3. The van der Waals surface area contributed by atoms with E-state index in [9.17, 15) is 4.39 Å². The molecule has 2 rings (SSSR count). The summed E-state index contributed by atoms with van der Waals surface area (Å²) < 4.78 is 13.3. The fourth-order valence-corrected chi connectivity index (χ4v) is 1.72. The molecule has 82 valence electrons. The van der Waals surface area contributed by atoms with Crippen LogP contribution in [0.25, 0.3) is 11.3 Å². The SMILES string of the molecule is Cc1cc(F)cc(-c2nc(Cl)ncc2C)c1. The van der Waals surface area contributed by atoms with Gasteiger partial charge in [-0.1, -0.05) is 0 Å². The molecule has 2 nitrogen and oxygen atoms in total. The maximum atomic E-state index is 13.3.